The van der Waals surface area contributed by atoms with E-state index in [2.05, 4.69) is 43.7 Å². The molecule has 1 aromatic heterocycles. The minimum Gasteiger partial charge on any atom is -0.490 e. The fourth-order valence-corrected chi connectivity index (χ4v) is 5.35. The number of ether oxygens (including phenoxy) is 2. The van der Waals surface area contributed by atoms with Crippen molar-refractivity contribution in [3.8, 4) is 22.8 Å². The number of rotatable bonds is 14. The second-order valence-corrected chi connectivity index (χ2v) is 11.3. The quantitative estimate of drug-likeness (QED) is 0.0804. The molecular formula is C31H32BrClN4O3S. The van der Waals surface area contributed by atoms with E-state index in [9.17, 15) is 4.79 Å². The number of nitrogens with one attached hydrogen (secondary N) is 2. The van der Waals surface area contributed by atoms with Crippen molar-refractivity contribution in [3.63, 3.8) is 0 Å². The first-order valence-corrected chi connectivity index (χ1v) is 15.5. The number of hydrogen-bond acceptors (Lipinski definition) is 7. The van der Waals surface area contributed by atoms with Crippen molar-refractivity contribution in [2.45, 2.75) is 39.5 Å². The highest BCUT2D eigenvalue weighted by atomic mass is 79.9. The topological polar surface area (TPSA) is 84.8 Å². The molecule has 0 atom stereocenters. The monoisotopic (exact) mass is 654 g/mol. The number of unbranched alkanes of at least 4 members (excludes halogenated alkanes) is 3. The fourth-order valence-electron chi connectivity index (χ4n) is 3.91. The maximum atomic E-state index is 12.7. The number of carbonyl (C=O) groups excluding carboxylic acids is 1. The Hall–Kier alpha value is -3.40. The molecular weight excluding hydrogens is 624 g/mol. The van der Waals surface area contributed by atoms with Crippen LogP contribution in [-0.4, -0.2) is 30.3 Å². The Balaban J connectivity index is 1.34. The molecule has 0 aliphatic heterocycles. The van der Waals surface area contributed by atoms with Gasteiger partial charge in [0.1, 0.15) is 0 Å². The normalized spacial score (nSPS) is 11.0. The smallest absolute Gasteiger partial charge is 0.271 e. The summed E-state index contributed by atoms with van der Waals surface area (Å²) in [5, 5.41) is 10.8. The average Bonchev–Trinajstić information content (AvgIpc) is 3.44. The lowest BCUT2D eigenvalue weighted by molar-refractivity contribution is 0.0955. The molecule has 10 heteroatoms. The Morgan fingerprint density at radius 1 is 1.05 bits per heavy atom. The largest absolute Gasteiger partial charge is 0.490 e. The minimum atomic E-state index is -0.313. The van der Waals surface area contributed by atoms with E-state index in [0.29, 0.717) is 35.3 Å². The number of carbonyl (C=O) groups is 1. The van der Waals surface area contributed by atoms with Gasteiger partial charge in [-0.25, -0.2) is 10.4 Å². The van der Waals surface area contributed by atoms with Crippen molar-refractivity contribution < 1.29 is 14.3 Å². The van der Waals surface area contributed by atoms with E-state index < -0.39 is 0 Å². The lowest BCUT2D eigenvalue weighted by Gasteiger charge is -2.14. The van der Waals surface area contributed by atoms with E-state index >= 15 is 0 Å². The maximum Gasteiger partial charge on any atom is 0.271 e. The molecule has 0 saturated heterocycles. The van der Waals surface area contributed by atoms with Gasteiger partial charge >= 0.3 is 0 Å². The van der Waals surface area contributed by atoms with Gasteiger partial charge in [-0.05, 0) is 83.4 Å². The molecule has 1 heterocycles. The van der Waals surface area contributed by atoms with Gasteiger partial charge in [-0.15, -0.1) is 11.3 Å². The molecule has 0 saturated carbocycles. The molecule has 0 bridgehead atoms. The van der Waals surface area contributed by atoms with Crippen LogP contribution in [0.15, 0.2) is 75.6 Å². The highest BCUT2D eigenvalue weighted by molar-refractivity contribution is 9.10. The first-order chi connectivity index (χ1) is 20.0. The van der Waals surface area contributed by atoms with Crippen molar-refractivity contribution in [1.29, 1.82) is 0 Å². The Kier molecular flexibility index (Phi) is 11.6. The molecule has 0 aliphatic carbocycles. The molecule has 3 aromatic carbocycles. The Bertz CT molecular complexity index is 1460. The lowest BCUT2D eigenvalue weighted by Crippen LogP contribution is -2.17. The van der Waals surface area contributed by atoms with Crippen molar-refractivity contribution in [2.75, 3.05) is 18.5 Å². The van der Waals surface area contributed by atoms with Crippen LogP contribution in [0.3, 0.4) is 0 Å². The van der Waals surface area contributed by atoms with Gasteiger partial charge in [-0.2, -0.15) is 5.10 Å². The van der Waals surface area contributed by atoms with Gasteiger partial charge in [0.2, 0.25) is 0 Å². The molecule has 4 aromatic rings. The zero-order valence-corrected chi connectivity index (χ0v) is 26.1. The van der Waals surface area contributed by atoms with Crippen molar-refractivity contribution in [2.24, 2.45) is 5.10 Å². The number of hydrogen-bond donors (Lipinski definition) is 2. The molecule has 0 spiro atoms. The Morgan fingerprint density at radius 3 is 2.56 bits per heavy atom. The second kappa shape index (κ2) is 15.6. The summed E-state index contributed by atoms with van der Waals surface area (Å²) in [6, 6.07) is 18.4. The zero-order valence-electron chi connectivity index (χ0n) is 23.0. The molecule has 0 radical (unpaired) electrons. The van der Waals surface area contributed by atoms with Gasteiger partial charge in [-0.3, -0.25) is 4.79 Å². The second-order valence-electron chi connectivity index (χ2n) is 9.12. The maximum absolute atomic E-state index is 12.7. The molecule has 7 nitrogen and oxygen atoms in total. The average molecular weight is 656 g/mol. The Labute approximate surface area is 258 Å². The van der Waals surface area contributed by atoms with Crippen LogP contribution in [0, 0.1) is 0 Å². The molecule has 41 heavy (non-hydrogen) atoms. The van der Waals surface area contributed by atoms with Crippen LogP contribution in [0.1, 0.15) is 55.5 Å². The number of aromatic nitrogens is 1. The number of benzene rings is 3. The van der Waals surface area contributed by atoms with Crippen molar-refractivity contribution in [3.05, 3.63) is 86.7 Å². The predicted octanol–water partition coefficient (Wildman–Crippen LogP) is 9.09. The third-order valence-electron chi connectivity index (χ3n) is 6.00. The van der Waals surface area contributed by atoms with Gasteiger partial charge in [0.25, 0.3) is 5.91 Å². The van der Waals surface area contributed by atoms with Crippen LogP contribution < -0.4 is 20.2 Å². The molecule has 4 rings (SSSR count). The Morgan fingerprint density at radius 2 is 1.83 bits per heavy atom. The molecule has 214 valence electrons. The fraction of sp³-hybridized carbons (Fsp3) is 0.258. The summed E-state index contributed by atoms with van der Waals surface area (Å²) in [5.41, 5.74) is 6.48. The first-order valence-electron chi connectivity index (χ1n) is 13.5. The first kappa shape index (κ1) is 30.6. The van der Waals surface area contributed by atoms with E-state index in [1.807, 2.05) is 60.8 Å². The highest BCUT2D eigenvalue weighted by Gasteiger charge is 2.12. The van der Waals surface area contributed by atoms with Crippen molar-refractivity contribution >= 4 is 61.8 Å². The summed E-state index contributed by atoms with van der Waals surface area (Å²) in [6.45, 7) is 5.25. The van der Waals surface area contributed by atoms with Crippen LogP contribution in [0.2, 0.25) is 5.02 Å². The lowest BCUT2D eigenvalue weighted by atomic mass is 10.1. The number of amides is 1. The highest BCUT2D eigenvalue weighted by Crippen LogP contribution is 2.37. The van der Waals surface area contributed by atoms with Gasteiger partial charge < -0.3 is 14.8 Å². The van der Waals surface area contributed by atoms with E-state index in [4.69, 9.17) is 21.1 Å². The van der Waals surface area contributed by atoms with Crippen molar-refractivity contribution in [1.82, 2.24) is 10.4 Å². The number of halogens is 2. The minimum absolute atomic E-state index is 0.313. The van der Waals surface area contributed by atoms with Gasteiger partial charge in [0, 0.05) is 27.2 Å². The van der Waals surface area contributed by atoms with Gasteiger partial charge in [0.05, 0.1) is 29.6 Å². The SMILES string of the molecule is CCCCCCOc1c(Br)cc(/C=N\NC(=O)c2ccc(-c3csc(Nc4ccc(Cl)cc4)n3)cc2)cc1OCC. The number of hydrazone groups is 1. The molecule has 2 N–H and O–H groups in total. The summed E-state index contributed by atoms with van der Waals surface area (Å²) in [6.07, 6.45) is 6.09. The third kappa shape index (κ3) is 9.05. The molecule has 0 fully saturated rings. The van der Waals surface area contributed by atoms with Crippen LogP contribution in [0.25, 0.3) is 11.3 Å². The molecule has 0 unspecified atom stereocenters. The number of thiazole rings is 1. The van der Waals surface area contributed by atoms with Crippen LogP contribution in [0.4, 0.5) is 10.8 Å². The molecule has 0 aliphatic rings. The predicted molar refractivity (Wildman–Crippen MR) is 172 cm³/mol. The van der Waals surface area contributed by atoms with Gasteiger partial charge in [-0.1, -0.05) is 49.9 Å². The summed E-state index contributed by atoms with van der Waals surface area (Å²) < 4.78 is 12.6. The third-order valence-corrected chi connectivity index (χ3v) is 7.60. The molecule has 1 amide bonds. The van der Waals surface area contributed by atoms with Gasteiger partial charge in [0.15, 0.2) is 16.6 Å². The van der Waals surface area contributed by atoms with Crippen LogP contribution in [-0.2, 0) is 0 Å². The van der Waals surface area contributed by atoms with E-state index in [1.165, 1.54) is 24.2 Å². The van der Waals surface area contributed by atoms with Crippen LogP contribution >= 0.6 is 38.9 Å². The zero-order chi connectivity index (χ0) is 29.0. The standard InChI is InChI=1S/C31H32BrClN4O3S/c1-3-5-6-7-16-40-29-26(32)17-21(18-28(29)39-4-2)19-34-37-30(38)23-10-8-22(9-11-23)27-20-41-31(36-27)35-25-14-12-24(33)13-15-25/h8-15,17-20H,3-7,16H2,1-2H3,(H,35,36)(H,37,38)/b34-19-. The number of anilines is 2. The van der Waals surface area contributed by atoms with E-state index in [-0.39, 0.29) is 5.91 Å². The van der Waals surface area contributed by atoms with E-state index in [0.717, 1.165) is 45.0 Å². The summed E-state index contributed by atoms with van der Waals surface area (Å²) in [4.78, 5) is 17.3. The number of nitrogens with zero attached hydrogens (tertiary/aromatic N) is 2. The van der Waals surface area contributed by atoms with Crippen LogP contribution in [0.5, 0.6) is 11.5 Å². The van der Waals surface area contributed by atoms with E-state index in [1.54, 1.807) is 18.3 Å². The summed E-state index contributed by atoms with van der Waals surface area (Å²) in [5.74, 6) is 0.999. The summed E-state index contributed by atoms with van der Waals surface area (Å²) in [7, 11) is 0. The summed E-state index contributed by atoms with van der Waals surface area (Å²) >= 11 is 11.0.